The van der Waals surface area contributed by atoms with Gasteiger partial charge in [0.25, 0.3) is 0 Å². The van der Waals surface area contributed by atoms with E-state index in [1.807, 2.05) is 13.8 Å². The average molecular weight is 185 g/mol. The van der Waals surface area contributed by atoms with Gasteiger partial charge in [0.1, 0.15) is 6.04 Å². The minimum absolute atomic E-state index is 0.326. The standard InChI is InChI=1S/C10H19NO2/c1-4-7-10(5-2,6-3)8(11)9(12)13/h4,8H,1,5-7,11H2,2-3H3,(H,12,13)/t8-/m1/s1. The SMILES string of the molecule is C=CCC(CC)(CC)[C@H](N)C(=O)O. The van der Waals surface area contributed by atoms with Gasteiger partial charge in [-0.3, -0.25) is 4.79 Å². The lowest BCUT2D eigenvalue weighted by Gasteiger charge is -2.34. The highest BCUT2D eigenvalue weighted by Crippen LogP contribution is 2.34. The molecule has 3 heteroatoms. The van der Waals surface area contributed by atoms with Crippen molar-refractivity contribution in [1.82, 2.24) is 0 Å². The molecule has 1 atom stereocenters. The number of rotatable bonds is 6. The minimum atomic E-state index is -0.925. The summed E-state index contributed by atoms with van der Waals surface area (Å²) in [5, 5.41) is 8.85. The van der Waals surface area contributed by atoms with Crippen molar-refractivity contribution in [3.05, 3.63) is 12.7 Å². The third kappa shape index (κ3) is 2.56. The summed E-state index contributed by atoms with van der Waals surface area (Å²) >= 11 is 0. The first kappa shape index (κ1) is 12.2. The van der Waals surface area contributed by atoms with Crippen LogP contribution < -0.4 is 5.73 Å². The molecule has 0 aromatic carbocycles. The quantitative estimate of drug-likeness (QED) is 0.620. The van der Waals surface area contributed by atoms with E-state index in [1.54, 1.807) is 6.08 Å². The van der Waals surface area contributed by atoms with Gasteiger partial charge in [-0.05, 0) is 24.7 Å². The molecular weight excluding hydrogens is 166 g/mol. The van der Waals surface area contributed by atoms with Crippen LogP contribution in [0.15, 0.2) is 12.7 Å². The summed E-state index contributed by atoms with van der Waals surface area (Å²) in [5.41, 5.74) is 5.33. The van der Waals surface area contributed by atoms with Crippen molar-refractivity contribution < 1.29 is 9.90 Å². The smallest absolute Gasteiger partial charge is 0.321 e. The van der Waals surface area contributed by atoms with Crippen molar-refractivity contribution in [3.8, 4) is 0 Å². The molecule has 0 saturated heterocycles. The van der Waals surface area contributed by atoms with Crippen LogP contribution in [0.25, 0.3) is 0 Å². The third-order valence-electron chi connectivity index (χ3n) is 2.88. The molecule has 13 heavy (non-hydrogen) atoms. The van der Waals surface area contributed by atoms with Gasteiger partial charge in [0, 0.05) is 0 Å². The second kappa shape index (κ2) is 5.02. The second-order valence-electron chi connectivity index (χ2n) is 3.38. The van der Waals surface area contributed by atoms with Crippen LogP contribution >= 0.6 is 0 Å². The van der Waals surface area contributed by atoms with Gasteiger partial charge in [0.2, 0.25) is 0 Å². The Morgan fingerprint density at radius 1 is 1.62 bits per heavy atom. The molecule has 3 N–H and O–H groups in total. The molecule has 0 heterocycles. The van der Waals surface area contributed by atoms with E-state index in [0.717, 1.165) is 12.8 Å². The predicted octanol–water partition coefficient (Wildman–Crippen LogP) is 1.78. The fraction of sp³-hybridized carbons (Fsp3) is 0.700. The molecule has 0 spiro atoms. The van der Waals surface area contributed by atoms with Crippen molar-refractivity contribution in [2.45, 2.75) is 39.2 Å². The van der Waals surface area contributed by atoms with Crippen molar-refractivity contribution in [2.75, 3.05) is 0 Å². The molecule has 0 bridgehead atoms. The van der Waals surface area contributed by atoms with Crippen LogP contribution in [0.5, 0.6) is 0 Å². The van der Waals surface area contributed by atoms with Crippen molar-refractivity contribution in [2.24, 2.45) is 11.1 Å². The maximum Gasteiger partial charge on any atom is 0.321 e. The Labute approximate surface area is 79.6 Å². The number of carboxylic acids is 1. The van der Waals surface area contributed by atoms with E-state index in [0.29, 0.717) is 6.42 Å². The topological polar surface area (TPSA) is 63.3 Å². The van der Waals surface area contributed by atoms with E-state index in [2.05, 4.69) is 6.58 Å². The van der Waals surface area contributed by atoms with E-state index >= 15 is 0 Å². The predicted molar refractivity (Wildman–Crippen MR) is 53.4 cm³/mol. The molecule has 76 valence electrons. The molecular formula is C10H19NO2. The van der Waals surface area contributed by atoms with Gasteiger partial charge >= 0.3 is 5.97 Å². The van der Waals surface area contributed by atoms with E-state index in [4.69, 9.17) is 10.8 Å². The summed E-state index contributed by atoms with van der Waals surface area (Å²) in [5.74, 6) is -0.925. The largest absolute Gasteiger partial charge is 0.480 e. The maximum atomic E-state index is 10.8. The van der Waals surface area contributed by atoms with Gasteiger partial charge < -0.3 is 10.8 Å². The molecule has 0 saturated carbocycles. The van der Waals surface area contributed by atoms with Crippen LogP contribution in [-0.4, -0.2) is 17.1 Å². The zero-order chi connectivity index (χ0) is 10.5. The number of nitrogens with two attached hydrogens (primary N) is 1. The Hall–Kier alpha value is -0.830. The Kier molecular flexibility index (Phi) is 4.70. The molecule has 0 amide bonds. The van der Waals surface area contributed by atoms with Crippen molar-refractivity contribution in [3.63, 3.8) is 0 Å². The van der Waals surface area contributed by atoms with Crippen LogP contribution in [0.4, 0.5) is 0 Å². The van der Waals surface area contributed by atoms with Crippen LogP contribution in [0.3, 0.4) is 0 Å². The molecule has 0 aromatic rings. The highest BCUT2D eigenvalue weighted by molar-refractivity contribution is 5.74. The van der Waals surface area contributed by atoms with Crippen LogP contribution in [0.2, 0.25) is 0 Å². The Morgan fingerprint density at radius 2 is 2.08 bits per heavy atom. The fourth-order valence-corrected chi connectivity index (χ4v) is 1.65. The summed E-state index contributed by atoms with van der Waals surface area (Å²) in [4.78, 5) is 10.8. The summed E-state index contributed by atoms with van der Waals surface area (Å²) in [6.45, 7) is 7.57. The third-order valence-corrected chi connectivity index (χ3v) is 2.88. The number of allylic oxidation sites excluding steroid dienone is 1. The first-order valence-electron chi connectivity index (χ1n) is 4.63. The number of hydrogen-bond acceptors (Lipinski definition) is 2. The minimum Gasteiger partial charge on any atom is -0.480 e. The van der Waals surface area contributed by atoms with E-state index in [1.165, 1.54) is 0 Å². The van der Waals surface area contributed by atoms with Crippen molar-refractivity contribution in [1.29, 1.82) is 0 Å². The zero-order valence-corrected chi connectivity index (χ0v) is 8.42. The normalized spacial score (nSPS) is 13.8. The van der Waals surface area contributed by atoms with Gasteiger partial charge in [0.05, 0.1) is 0 Å². The highest BCUT2D eigenvalue weighted by Gasteiger charge is 2.36. The van der Waals surface area contributed by atoms with Gasteiger partial charge in [-0.1, -0.05) is 19.9 Å². The van der Waals surface area contributed by atoms with Crippen LogP contribution in [0.1, 0.15) is 33.1 Å². The molecule has 0 aromatic heterocycles. The highest BCUT2D eigenvalue weighted by atomic mass is 16.4. The van der Waals surface area contributed by atoms with Crippen LogP contribution in [0, 0.1) is 5.41 Å². The molecule has 0 radical (unpaired) electrons. The average Bonchev–Trinajstić information content (AvgIpc) is 2.13. The van der Waals surface area contributed by atoms with Crippen LogP contribution in [-0.2, 0) is 4.79 Å². The Balaban J connectivity index is 4.72. The summed E-state index contributed by atoms with van der Waals surface area (Å²) in [6, 6.07) is -0.791. The lowest BCUT2D eigenvalue weighted by Crippen LogP contribution is -2.46. The number of aliphatic carboxylic acids is 1. The lowest BCUT2D eigenvalue weighted by molar-refractivity contribution is -0.142. The summed E-state index contributed by atoms with van der Waals surface area (Å²) in [7, 11) is 0. The molecule has 0 unspecified atom stereocenters. The number of hydrogen-bond donors (Lipinski definition) is 2. The maximum absolute atomic E-state index is 10.8. The molecule has 0 aliphatic rings. The van der Waals surface area contributed by atoms with E-state index < -0.39 is 12.0 Å². The van der Waals surface area contributed by atoms with Gasteiger partial charge in [-0.2, -0.15) is 0 Å². The molecule has 0 rings (SSSR count). The lowest BCUT2D eigenvalue weighted by atomic mass is 9.73. The van der Waals surface area contributed by atoms with Crippen molar-refractivity contribution >= 4 is 5.97 Å². The fourth-order valence-electron chi connectivity index (χ4n) is 1.65. The first-order valence-corrected chi connectivity index (χ1v) is 4.63. The number of carboxylic acid groups (broad SMARTS) is 1. The molecule has 0 aliphatic carbocycles. The second-order valence-corrected chi connectivity index (χ2v) is 3.38. The molecule has 0 aliphatic heterocycles. The van der Waals surface area contributed by atoms with Gasteiger partial charge in [0.15, 0.2) is 0 Å². The van der Waals surface area contributed by atoms with Gasteiger partial charge in [-0.25, -0.2) is 0 Å². The molecule has 0 fully saturated rings. The molecule has 3 nitrogen and oxygen atoms in total. The zero-order valence-electron chi connectivity index (χ0n) is 8.42. The number of carbonyl (C=O) groups is 1. The monoisotopic (exact) mass is 185 g/mol. The Morgan fingerprint density at radius 3 is 2.31 bits per heavy atom. The first-order chi connectivity index (χ1) is 6.04. The Bertz CT molecular complexity index is 185. The summed E-state index contributed by atoms with van der Waals surface area (Å²) in [6.07, 6.45) is 3.94. The van der Waals surface area contributed by atoms with E-state index in [9.17, 15) is 4.79 Å². The summed E-state index contributed by atoms with van der Waals surface area (Å²) < 4.78 is 0. The van der Waals surface area contributed by atoms with Gasteiger partial charge in [-0.15, -0.1) is 6.58 Å². The van der Waals surface area contributed by atoms with E-state index in [-0.39, 0.29) is 5.41 Å².